The Bertz CT molecular complexity index is 620. The number of amides is 1. The number of methoxy groups -OCH3 is 2. The van der Waals surface area contributed by atoms with Crippen molar-refractivity contribution in [2.24, 2.45) is 0 Å². The number of rotatable bonds is 7. The minimum Gasteiger partial charge on any atom is -0.503 e. The van der Waals surface area contributed by atoms with Crippen molar-refractivity contribution >= 4 is 11.7 Å². The standard InChI is InChI=1S/C17H21NO5/c1-4-13(19)14-15(11-5-7-12(23-3)8-6-11)18(9-10-22-2)17(21)16(14)20/h5-8,15,20H,4,9-10H2,1-3H3. The van der Waals surface area contributed by atoms with Gasteiger partial charge < -0.3 is 19.5 Å². The van der Waals surface area contributed by atoms with Crippen LogP contribution in [0, 0.1) is 0 Å². The number of aliphatic hydroxyl groups is 1. The van der Waals surface area contributed by atoms with Crippen LogP contribution in [-0.4, -0.2) is 49.1 Å². The molecular formula is C17H21NO5. The molecule has 0 aromatic heterocycles. The summed E-state index contributed by atoms with van der Waals surface area (Å²) in [5.41, 5.74) is 0.898. The molecule has 1 aliphatic rings. The van der Waals surface area contributed by atoms with Crippen LogP contribution in [0.5, 0.6) is 5.75 Å². The van der Waals surface area contributed by atoms with E-state index >= 15 is 0 Å². The van der Waals surface area contributed by atoms with Crippen molar-refractivity contribution < 1.29 is 24.2 Å². The van der Waals surface area contributed by atoms with Crippen LogP contribution in [0.25, 0.3) is 0 Å². The van der Waals surface area contributed by atoms with Gasteiger partial charge in [0.2, 0.25) is 0 Å². The van der Waals surface area contributed by atoms with Crippen LogP contribution in [0.15, 0.2) is 35.6 Å². The first-order valence-corrected chi connectivity index (χ1v) is 7.45. The van der Waals surface area contributed by atoms with Crippen molar-refractivity contribution in [1.82, 2.24) is 4.90 Å². The highest BCUT2D eigenvalue weighted by Gasteiger charge is 2.42. The molecule has 2 rings (SSSR count). The van der Waals surface area contributed by atoms with Crippen molar-refractivity contribution in [2.45, 2.75) is 19.4 Å². The number of ether oxygens (including phenoxy) is 2. The highest BCUT2D eigenvalue weighted by atomic mass is 16.5. The zero-order chi connectivity index (χ0) is 17.0. The van der Waals surface area contributed by atoms with Gasteiger partial charge in [-0.15, -0.1) is 0 Å². The van der Waals surface area contributed by atoms with Crippen molar-refractivity contribution in [1.29, 1.82) is 0 Å². The van der Waals surface area contributed by atoms with E-state index in [1.807, 2.05) is 0 Å². The maximum atomic E-state index is 12.3. The number of Topliss-reactive ketones (excluding diaryl/α,β-unsaturated/α-hetero) is 1. The molecule has 1 aliphatic heterocycles. The molecule has 1 atom stereocenters. The fraction of sp³-hybridized carbons (Fsp3) is 0.412. The largest absolute Gasteiger partial charge is 0.503 e. The summed E-state index contributed by atoms with van der Waals surface area (Å²) in [6.45, 7) is 2.31. The van der Waals surface area contributed by atoms with E-state index in [0.29, 0.717) is 12.4 Å². The van der Waals surface area contributed by atoms with Gasteiger partial charge in [-0.25, -0.2) is 0 Å². The van der Waals surface area contributed by atoms with Gasteiger partial charge >= 0.3 is 0 Å². The zero-order valence-corrected chi connectivity index (χ0v) is 13.5. The van der Waals surface area contributed by atoms with Crippen LogP contribution in [0.4, 0.5) is 0 Å². The summed E-state index contributed by atoms with van der Waals surface area (Å²) in [5, 5.41) is 10.2. The van der Waals surface area contributed by atoms with E-state index in [1.165, 1.54) is 12.0 Å². The predicted octanol–water partition coefficient (Wildman–Crippen LogP) is 2.02. The summed E-state index contributed by atoms with van der Waals surface area (Å²) in [6, 6.07) is 6.50. The van der Waals surface area contributed by atoms with Gasteiger partial charge in [-0.3, -0.25) is 9.59 Å². The number of carbonyl (C=O) groups excluding carboxylic acids is 2. The Kier molecular flexibility index (Phi) is 5.39. The van der Waals surface area contributed by atoms with Crippen LogP contribution >= 0.6 is 0 Å². The van der Waals surface area contributed by atoms with Crippen LogP contribution < -0.4 is 4.74 Å². The highest BCUT2D eigenvalue weighted by molar-refractivity contribution is 6.08. The molecule has 0 saturated carbocycles. The summed E-state index contributed by atoms with van der Waals surface area (Å²) >= 11 is 0. The quantitative estimate of drug-likeness (QED) is 0.832. The summed E-state index contributed by atoms with van der Waals surface area (Å²) in [6.07, 6.45) is 0.220. The maximum absolute atomic E-state index is 12.3. The molecule has 6 nitrogen and oxygen atoms in total. The Morgan fingerprint density at radius 3 is 2.43 bits per heavy atom. The Morgan fingerprint density at radius 1 is 1.26 bits per heavy atom. The lowest BCUT2D eigenvalue weighted by atomic mass is 9.95. The van der Waals surface area contributed by atoms with E-state index in [4.69, 9.17) is 9.47 Å². The number of ketones is 1. The maximum Gasteiger partial charge on any atom is 0.290 e. The molecule has 0 spiro atoms. The van der Waals surface area contributed by atoms with Crippen molar-refractivity contribution in [2.75, 3.05) is 27.4 Å². The SMILES string of the molecule is CCC(=O)C1=C(O)C(=O)N(CCOC)C1c1ccc(OC)cc1. The summed E-state index contributed by atoms with van der Waals surface area (Å²) in [7, 11) is 3.10. The van der Waals surface area contributed by atoms with Gasteiger partial charge in [0.05, 0.1) is 25.3 Å². The molecule has 1 aromatic rings. The third-order valence-electron chi connectivity index (χ3n) is 3.89. The number of hydrogen-bond donors (Lipinski definition) is 1. The van der Waals surface area contributed by atoms with Gasteiger partial charge in [0, 0.05) is 20.1 Å². The lowest BCUT2D eigenvalue weighted by Gasteiger charge is -2.26. The summed E-state index contributed by atoms with van der Waals surface area (Å²) in [4.78, 5) is 26.0. The lowest BCUT2D eigenvalue weighted by Crippen LogP contribution is -2.33. The molecule has 0 bridgehead atoms. The minimum atomic E-state index is -0.601. The van der Waals surface area contributed by atoms with Crippen molar-refractivity contribution in [3.8, 4) is 5.75 Å². The van der Waals surface area contributed by atoms with Crippen LogP contribution in [0.1, 0.15) is 24.9 Å². The van der Waals surface area contributed by atoms with Gasteiger partial charge in [0.15, 0.2) is 11.5 Å². The smallest absolute Gasteiger partial charge is 0.290 e. The number of benzene rings is 1. The van der Waals surface area contributed by atoms with E-state index in [-0.39, 0.29) is 24.3 Å². The molecule has 0 saturated heterocycles. The topological polar surface area (TPSA) is 76.1 Å². The predicted molar refractivity (Wildman–Crippen MR) is 84.3 cm³/mol. The highest BCUT2D eigenvalue weighted by Crippen LogP contribution is 2.38. The fourth-order valence-electron chi connectivity index (χ4n) is 2.68. The Hall–Kier alpha value is -2.34. The molecule has 1 heterocycles. The third kappa shape index (κ3) is 3.22. The summed E-state index contributed by atoms with van der Waals surface area (Å²) in [5.74, 6) is -0.567. The first-order valence-electron chi connectivity index (χ1n) is 7.45. The first-order chi connectivity index (χ1) is 11.0. The van der Waals surface area contributed by atoms with Crippen molar-refractivity contribution in [3.63, 3.8) is 0 Å². The number of nitrogens with zero attached hydrogens (tertiary/aromatic N) is 1. The molecule has 1 N–H and O–H groups in total. The van der Waals surface area contributed by atoms with Crippen LogP contribution in [0.2, 0.25) is 0 Å². The van der Waals surface area contributed by atoms with Gasteiger partial charge in [-0.05, 0) is 17.7 Å². The molecule has 0 fully saturated rings. The Labute approximate surface area is 135 Å². The second-order valence-corrected chi connectivity index (χ2v) is 5.21. The van der Waals surface area contributed by atoms with E-state index in [9.17, 15) is 14.7 Å². The Morgan fingerprint density at radius 2 is 1.91 bits per heavy atom. The average Bonchev–Trinajstić information content (AvgIpc) is 2.83. The minimum absolute atomic E-state index is 0.152. The average molecular weight is 319 g/mol. The number of carbonyl (C=O) groups is 2. The zero-order valence-electron chi connectivity index (χ0n) is 13.5. The van der Waals surface area contributed by atoms with Gasteiger partial charge in [-0.1, -0.05) is 19.1 Å². The third-order valence-corrected chi connectivity index (χ3v) is 3.89. The molecule has 6 heteroatoms. The molecule has 23 heavy (non-hydrogen) atoms. The monoisotopic (exact) mass is 319 g/mol. The number of aliphatic hydroxyl groups excluding tert-OH is 1. The molecular weight excluding hydrogens is 298 g/mol. The number of hydrogen-bond acceptors (Lipinski definition) is 5. The molecule has 1 unspecified atom stereocenters. The van der Waals surface area contributed by atoms with E-state index in [0.717, 1.165) is 5.56 Å². The van der Waals surface area contributed by atoms with E-state index in [1.54, 1.807) is 38.3 Å². The lowest BCUT2D eigenvalue weighted by molar-refractivity contribution is -0.130. The first kappa shape index (κ1) is 17.0. The van der Waals surface area contributed by atoms with E-state index in [2.05, 4.69) is 0 Å². The van der Waals surface area contributed by atoms with Crippen molar-refractivity contribution in [3.05, 3.63) is 41.2 Å². The second kappa shape index (κ2) is 7.28. The van der Waals surface area contributed by atoms with Crippen LogP contribution in [0.3, 0.4) is 0 Å². The fourth-order valence-corrected chi connectivity index (χ4v) is 2.68. The normalized spacial score (nSPS) is 17.8. The van der Waals surface area contributed by atoms with Gasteiger partial charge in [0.25, 0.3) is 5.91 Å². The molecule has 0 radical (unpaired) electrons. The molecule has 1 amide bonds. The van der Waals surface area contributed by atoms with Gasteiger partial charge in [-0.2, -0.15) is 0 Å². The molecule has 1 aromatic carbocycles. The molecule has 0 aliphatic carbocycles. The molecule has 124 valence electrons. The Balaban J connectivity index is 2.45. The second-order valence-electron chi connectivity index (χ2n) is 5.21. The van der Waals surface area contributed by atoms with Crippen LogP contribution in [-0.2, 0) is 14.3 Å². The van der Waals surface area contributed by atoms with E-state index < -0.39 is 17.7 Å². The summed E-state index contributed by atoms with van der Waals surface area (Å²) < 4.78 is 10.2. The van der Waals surface area contributed by atoms with Gasteiger partial charge in [0.1, 0.15) is 5.75 Å².